The van der Waals surface area contributed by atoms with Crippen LogP contribution in [0.25, 0.3) is 0 Å². The third kappa shape index (κ3) is 2.54. The van der Waals surface area contributed by atoms with Crippen LogP contribution in [0.2, 0.25) is 0 Å². The summed E-state index contributed by atoms with van der Waals surface area (Å²) in [7, 11) is 1.59. The molecule has 19 heavy (non-hydrogen) atoms. The molecule has 0 spiro atoms. The van der Waals surface area contributed by atoms with Crippen LogP contribution >= 0.6 is 0 Å². The van der Waals surface area contributed by atoms with E-state index in [0.717, 1.165) is 6.42 Å². The molecule has 0 fully saturated rings. The molecule has 0 aliphatic carbocycles. The molecule has 2 rings (SSSR count). The number of ether oxygens (including phenoxy) is 1. The van der Waals surface area contributed by atoms with Crippen molar-refractivity contribution >= 4 is 11.8 Å². The molecule has 4 nitrogen and oxygen atoms in total. The van der Waals surface area contributed by atoms with Crippen LogP contribution < -0.4 is 0 Å². The zero-order chi connectivity index (χ0) is 14.0. The number of nitrogens with zero attached hydrogens (tertiary/aromatic N) is 1. The zero-order valence-corrected chi connectivity index (χ0v) is 11.6. The standard InChI is InChI=1S/C15H19NO3/c1-10(2)8-11(9-19-3)16-14(17)12-6-4-5-7-13(12)15(16)18/h4-7,10-11H,8-9H2,1-3H3. The van der Waals surface area contributed by atoms with Gasteiger partial charge in [-0.1, -0.05) is 26.0 Å². The van der Waals surface area contributed by atoms with Gasteiger partial charge in [0.1, 0.15) is 0 Å². The Labute approximate surface area is 113 Å². The Bertz CT molecular complexity index is 461. The van der Waals surface area contributed by atoms with Gasteiger partial charge in [0, 0.05) is 7.11 Å². The molecule has 2 amide bonds. The van der Waals surface area contributed by atoms with Gasteiger partial charge in [0.2, 0.25) is 0 Å². The second-order valence-electron chi connectivity index (χ2n) is 5.26. The first-order valence-electron chi connectivity index (χ1n) is 6.52. The summed E-state index contributed by atoms with van der Waals surface area (Å²) in [5.41, 5.74) is 0.995. The summed E-state index contributed by atoms with van der Waals surface area (Å²) in [6.45, 7) is 4.52. The lowest BCUT2D eigenvalue weighted by Gasteiger charge is -2.27. The monoisotopic (exact) mass is 261 g/mol. The summed E-state index contributed by atoms with van der Waals surface area (Å²) in [5.74, 6) is -0.0175. The van der Waals surface area contributed by atoms with E-state index in [2.05, 4.69) is 13.8 Å². The highest BCUT2D eigenvalue weighted by Gasteiger charge is 2.39. The molecule has 0 radical (unpaired) electrons. The van der Waals surface area contributed by atoms with Gasteiger partial charge >= 0.3 is 0 Å². The molecule has 1 aromatic rings. The predicted octanol–water partition coefficient (Wildman–Crippen LogP) is 2.34. The van der Waals surface area contributed by atoms with Crippen molar-refractivity contribution in [3.05, 3.63) is 35.4 Å². The van der Waals surface area contributed by atoms with E-state index in [1.807, 2.05) is 0 Å². The van der Waals surface area contributed by atoms with Crippen molar-refractivity contribution in [3.63, 3.8) is 0 Å². The van der Waals surface area contributed by atoms with Crippen molar-refractivity contribution in [2.24, 2.45) is 5.92 Å². The fourth-order valence-electron chi connectivity index (χ4n) is 2.52. The predicted molar refractivity (Wildman–Crippen MR) is 72.1 cm³/mol. The van der Waals surface area contributed by atoms with E-state index < -0.39 is 0 Å². The van der Waals surface area contributed by atoms with Gasteiger partial charge in [0.05, 0.1) is 23.8 Å². The average molecular weight is 261 g/mol. The molecule has 1 aliphatic rings. The Morgan fingerprint density at radius 1 is 1.11 bits per heavy atom. The molecule has 1 atom stereocenters. The number of hydrogen-bond donors (Lipinski definition) is 0. The zero-order valence-electron chi connectivity index (χ0n) is 11.6. The van der Waals surface area contributed by atoms with E-state index in [9.17, 15) is 9.59 Å². The molecule has 1 unspecified atom stereocenters. The van der Waals surface area contributed by atoms with E-state index in [-0.39, 0.29) is 17.9 Å². The van der Waals surface area contributed by atoms with Crippen molar-refractivity contribution in [2.75, 3.05) is 13.7 Å². The lowest BCUT2D eigenvalue weighted by molar-refractivity contribution is 0.0440. The molecule has 0 N–H and O–H groups in total. The second kappa shape index (κ2) is 5.53. The first-order valence-corrected chi connectivity index (χ1v) is 6.52. The summed E-state index contributed by atoms with van der Waals surface area (Å²) in [6, 6.07) is 6.77. The second-order valence-corrected chi connectivity index (χ2v) is 5.26. The largest absolute Gasteiger partial charge is 0.383 e. The Morgan fingerprint density at radius 3 is 2.05 bits per heavy atom. The van der Waals surface area contributed by atoms with E-state index in [1.54, 1.807) is 31.4 Å². The van der Waals surface area contributed by atoms with Crippen LogP contribution in [0.15, 0.2) is 24.3 Å². The highest BCUT2D eigenvalue weighted by molar-refractivity contribution is 6.21. The smallest absolute Gasteiger partial charge is 0.261 e. The Balaban J connectivity index is 2.30. The number of fused-ring (bicyclic) bond motifs is 1. The Morgan fingerprint density at radius 2 is 1.63 bits per heavy atom. The molecule has 1 heterocycles. The van der Waals surface area contributed by atoms with Gasteiger partial charge in [0.15, 0.2) is 0 Å². The minimum absolute atomic E-state index is 0.197. The molecule has 0 saturated heterocycles. The average Bonchev–Trinajstić information content (AvgIpc) is 2.62. The fraction of sp³-hybridized carbons (Fsp3) is 0.467. The number of imide groups is 1. The van der Waals surface area contributed by atoms with Crippen molar-refractivity contribution < 1.29 is 14.3 Å². The first-order chi connectivity index (χ1) is 9.06. The molecule has 102 valence electrons. The van der Waals surface area contributed by atoms with Gasteiger partial charge in [-0.25, -0.2) is 0 Å². The third-order valence-corrected chi connectivity index (χ3v) is 3.29. The van der Waals surface area contributed by atoms with E-state index in [4.69, 9.17) is 4.74 Å². The maximum atomic E-state index is 12.4. The molecule has 4 heteroatoms. The van der Waals surface area contributed by atoms with Crippen molar-refractivity contribution in [1.29, 1.82) is 0 Å². The number of methoxy groups -OCH3 is 1. The van der Waals surface area contributed by atoms with Crippen molar-refractivity contribution in [3.8, 4) is 0 Å². The van der Waals surface area contributed by atoms with Crippen molar-refractivity contribution in [1.82, 2.24) is 4.90 Å². The summed E-state index contributed by atoms with van der Waals surface area (Å²) in [6.07, 6.45) is 0.749. The number of hydrogen-bond acceptors (Lipinski definition) is 3. The summed E-state index contributed by atoms with van der Waals surface area (Å²) >= 11 is 0. The molecule has 1 aliphatic heterocycles. The van der Waals surface area contributed by atoms with Gasteiger partial charge < -0.3 is 4.74 Å². The van der Waals surface area contributed by atoms with Crippen LogP contribution in [0.5, 0.6) is 0 Å². The Kier molecular flexibility index (Phi) is 4.00. The van der Waals surface area contributed by atoms with Crippen molar-refractivity contribution in [2.45, 2.75) is 26.3 Å². The molecule has 0 bridgehead atoms. The highest BCUT2D eigenvalue weighted by Crippen LogP contribution is 2.26. The molecule has 0 aromatic heterocycles. The SMILES string of the molecule is COCC(CC(C)C)N1C(=O)c2ccccc2C1=O. The first kappa shape index (κ1) is 13.7. The topological polar surface area (TPSA) is 46.6 Å². The maximum Gasteiger partial charge on any atom is 0.261 e. The summed E-state index contributed by atoms with van der Waals surface area (Å²) in [5, 5.41) is 0. The van der Waals surface area contributed by atoms with Crippen LogP contribution in [-0.4, -0.2) is 36.5 Å². The van der Waals surface area contributed by atoms with Crippen LogP contribution in [0.1, 0.15) is 41.0 Å². The molecule has 1 aromatic carbocycles. The summed E-state index contributed by atoms with van der Waals surface area (Å²) in [4.78, 5) is 26.1. The minimum atomic E-state index is -0.205. The third-order valence-electron chi connectivity index (χ3n) is 3.29. The van der Waals surface area contributed by atoms with Crippen LogP contribution in [-0.2, 0) is 4.74 Å². The Hall–Kier alpha value is -1.68. The van der Waals surface area contributed by atoms with E-state index >= 15 is 0 Å². The summed E-state index contributed by atoms with van der Waals surface area (Å²) < 4.78 is 5.17. The lowest BCUT2D eigenvalue weighted by Crippen LogP contribution is -2.43. The van der Waals surface area contributed by atoms with Crippen LogP contribution in [0, 0.1) is 5.92 Å². The fourth-order valence-corrected chi connectivity index (χ4v) is 2.52. The number of amides is 2. The van der Waals surface area contributed by atoms with E-state index in [0.29, 0.717) is 23.7 Å². The molecule has 0 saturated carbocycles. The van der Waals surface area contributed by atoms with Gasteiger partial charge in [-0.2, -0.15) is 0 Å². The van der Waals surface area contributed by atoms with Gasteiger partial charge in [-0.05, 0) is 24.5 Å². The van der Waals surface area contributed by atoms with Crippen LogP contribution in [0.4, 0.5) is 0 Å². The maximum absolute atomic E-state index is 12.4. The van der Waals surface area contributed by atoms with Gasteiger partial charge in [0.25, 0.3) is 11.8 Å². The van der Waals surface area contributed by atoms with E-state index in [1.165, 1.54) is 4.90 Å². The molecular weight excluding hydrogens is 242 g/mol. The number of rotatable bonds is 5. The number of carbonyl (C=O) groups excluding carboxylic acids is 2. The number of carbonyl (C=O) groups is 2. The quantitative estimate of drug-likeness (QED) is 0.764. The normalized spacial score (nSPS) is 16.1. The highest BCUT2D eigenvalue weighted by atomic mass is 16.5. The van der Waals surface area contributed by atoms with Gasteiger partial charge in [-0.3, -0.25) is 14.5 Å². The van der Waals surface area contributed by atoms with Gasteiger partial charge in [-0.15, -0.1) is 0 Å². The minimum Gasteiger partial charge on any atom is -0.383 e. The molecular formula is C15H19NO3. The number of benzene rings is 1. The lowest BCUT2D eigenvalue weighted by atomic mass is 10.0. The van der Waals surface area contributed by atoms with Crippen LogP contribution in [0.3, 0.4) is 0 Å².